The Kier molecular flexibility index (Phi) is 17.9. The summed E-state index contributed by atoms with van der Waals surface area (Å²) < 4.78 is 5.89. The summed E-state index contributed by atoms with van der Waals surface area (Å²) in [5.41, 5.74) is 0. The number of hydrogen-bond acceptors (Lipinski definition) is 5. The van der Waals surface area contributed by atoms with Crippen LogP contribution in [-0.4, -0.2) is 61.3 Å². The molecule has 0 heterocycles. The lowest BCUT2D eigenvalue weighted by atomic mass is 10.0. The molecule has 0 saturated carbocycles. The van der Waals surface area contributed by atoms with Crippen molar-refractivity contribution in [1.29, 1.82) is 0 Å². The van der Waals surface area contributed by atoms with Crippen molar-refractivity contribution in [3.8, 4) is 0 Å². The van der Waals surface area contributed by atoms with E-state index >= 15 is 0 Å². The zero-order valence-corrected chi connectivity index (χ0v) is 20.7. The van der Waals surface area contributed by atoms with Gasteiger partial charge >= 0.3 is 11.9 Å². The van der Waals surface area contributed by atoms with Gasteiger partial charge in [-0.05, 0) is 12.8 Å². The molecule has 0 amide bonds. The first kappa shape index (κ1) is 30.4. The highest BCUT2D eigenvalue weighted by Gasteiger charge is 2.22. The van der Waals surface area contributed by atoms with Crippen LogP contribution >= 0.6 is 0 Å². The van der Waals surface area contributed by atoms with Crippen LogP contribution in [0.5, 0.6) is 0 Å². The van der Waals surface area contributed by atoms with Gasteiger partial charge in [-0.1, -0.05) is 77.0 Å². The van der Waals surface area contributed by atoms with E-state index in [0.717, 1.165) is 38.5 Å². The van der Waals surface area contributed by atoms with E-state index in [4.69, 9.17) is 9.84 Å². The van der Waals surface area contributed by atoms with Gasteiger partial charge in [-0.25, -0.2) is 0 Å². The van der Waals surface area contributed by atoms with Crippen LogP contribution in [0.2, 0.25) is 0 Å². The standard InChI is InChI=1S/C25H47NO6/c1-26(2,3)21-22(20-24(29)30)32-25(31)19-17-15-13-11-9-7-5-4-6-8-10-12-14-16-18-23(27)28/h22H,4-21H2,1-3H3,(H-,27,28,29,30)/t22-/m1/s1. The number of aliphatic carboxylic acids is 2. The summed E-state index contributed by atoms with van der Waals surface area (Å²) in [7, 11) is 5.80. The minimum Gasteiger partial charge on any atom is -0.550 e. The number of nitrogens with zero attached hydrogens (tertiary/aromatic N) is 1. The van der Waals surface area contributed by atoms with Crippen molar-refractivity contribution in [1.82, 2.24) is 0 Å². The summed E-state index contributed by atoms with van der Waals surface area (Å²) >= 11 is 0. The van der Waals surface area contributed by atoms with Crippen LogP contribution in [-0.2, 0) is 19.1 Å². The van der Waals surface area contributed by atoms with Crippen molar-refractivity contribution >= 4 is 17.9 Å². The predicted molar refractivity (Wildman–Crippen MR) is 124 cm³/mol. The Labute approximate surface area is 195 Å². The van der Waals surface area contributed by atoms with Gasteiger partial charge in [0.05, 0.1) is 21.1 Å². The van der Waals surface area contributed by atoms with Crippen LogP contribution < -0.4 is 5.11 Å². The van der Waals surface area contributed by atoms with Crippen LogP contribution in [0.4, 0.5) is 0 Å². The van der Waals surface area contributed by atoms with Crippen LogP contribution in [0.25, 0.3) is 0 Å². The fourth-order valence-corrected chi connectivity index (χ4v) is 3.85. The Morgan fingerprint density at radius 2 is 1.09 bits per heavy atom. The molecule has 0 radical (unpaired) electrons. The van der Waals surface area contributed by atoms with Crippen LogP contribution in [0, 0.1) is 0 Å². The minimum absolute atomic E-state index is 0.256. The van der Waals surface area contributed by atoms with E-state index in [2.05, 4.69) is 0 Å². The Balaban J connectivity index is 3.52. The third-order valence-electron chi connectivity index (χ3n) is 5.47. The number of quaternary nitrogens is 1. The maximum atomic E-state index is 12.0. The van der Waals surface area contributed by atoms with Gasteiger partial charge in [0, 0.05) is 25.2 Å². The molecule has 0 aromatic heterocycles. The summed E-state index contributed by atoms with van der Waals surface area (Å²) in [4.78, 5) is 33.3. The molecule has 0 rings (SSSR count). The van der Waals surface area contributed by atoms with Gasteiger partial charge in [0.2, 0.25) is 0 Å². The molecule has 0 spiro atoms. The van der Waals surface area contributed by atoms with Crippen molar-refractivity contribution in [2.75, 3.05) is 27.7 Å². The molecule has 7 heteroatoms. The minimum atomic E-state index is -1.19. The molecule has 0 aromatic rings. The summed E-state index contributed by atoms with van der Waals surface area (Å²) in [6.45, 7) is 0.451. The number of carbonyl (C=O) groups is 3. The second kappa shape index (κ2) is 18.9. The molecule has 0 aliphatic rings. The predicted octanol–water partition coefficient (Wildman–Crippen LogP) is 4.07. The fraction of sp³-hybridized carbons (Fsp3) is 0.880. The number of carboxylic acids is 2. The summed E-state index contributed by atoms with van der Waals surface area (Å²) in [6.07, 6.45) is 15.6. The topological polar surface area (TPSA) is 104 Å². The third kappa shape index (κ3) is 23.0. The van der Waals surface area contributed by atoms with Crippen molar-refractivity contribution in [2.24, 2.45) is 0 Å². The number of rotatable bonds is 22. The third-order valence-corrected chi connectivity index (χ3v) is 5.47. The lowest BCUT2D eigenvalue weighted by molar-refractivity contribution is -0.873. The number of esters is 1. The maximum absolute atomic E-state index is 12.0. The van der Waals surface area contributed by atoms with Gasteiger partial charge in [-0.15, -0.1) is 0 Å². The summed E-state index contributed by atoms with van der Waals surface area (Å²) in [5.74, 6) is -2.20. The molecule has 1 atom stereocenters. The van der Waals surface area contributed by atoms with Gasteiger partial charge in [0.1, 0.15) is 6.54 Å². The van der Waals surface area contributed by atoms with Crippen LogP contribution in [0.15, 0.2) is 0 Å². The van der Waals surface area contributed by atoms with Crippen molar-refractivity contribution in [3.05, 3.63) is 0 Å². The van der Waals surface area contributed by atoms with E-state index in [1.165, 1.54) is 51.4 Å². The second-order valence-electron chi connectivity index (χ2n) is 10.0. The van der Waals surface area contributed by atoms with E-state index in [0.29, 0.717) is 23.9 Å². The number of likely N-dealkylation sites (N-methyl/N-ethyl adjacent to an activating group) is 1. The average Bonchev–Trinajstić information content (AvgIpc) is 2.65. The Morgan fingerprint density at radius 1 is 0.719 bits per heavy atom. The number of hydrogen-bond donors (Lipinski definition) is 1. The zero-order valence-electron chi connectivity index (χ0n) is 20.7. The van der Waals surface area contributed by atoms with Gasteiger partial charge in [-0.2, -0.15) is 0 Å². The molecule has 0 bridgehead atoms. The van der Waals surface area contributed by atoms with Crippen molar-refractivity contribution in [2.45, 2.75) is 115 Å². The smallest absolute Gasteiger partial charge is 0.306 e. The molecule has 1 N–H and O–H groups in total. The van der Waals surface area contributed by atoms with Gasteiger partial charge in [0.25, 0.3) is 0 Å². The molecule has 188 valence electrons. The Morgan fingerprint density at radius 3 is 1.44 bits per heavy atom. The summed E-state index contributed by atoms with van der Waals surface area (Å²) in [6, 6.07) is 0. The Bertz CT molecular complexity index is 515. The molecular formula is C25H47NO6. The first-order valence-corrected chi connectivity index (χ1v) is 12.5. The molecule has 0 aliphatic heterocycles. The highest BCUT2D eigenvalue weighted by Crippen LogP contribution is 2.14. The Hall–Kier alpha value is -1.63. The second-order valence-corrected chi connectivity index (χ2v) is 10.0. The largest absolute Gasteiger partial charge is 0.550 e. The molecule has 32 heavy (non-hydrogen) atoms. The van der Waals surface area contributed by atoms with Gasteiger partial charge in [0.15, 0.2) is 6.10 Å². The van der Waals surface area contributed by atoms with E-state index in [1.807, 2.05) is 21.1 Å². The fourth-order valence-electron chi connectivity index (χ4n) is 3.85. The lowest BCUT2D eigenvalue weighted by Crippen LogP contribution is -2.45. The van der Waals surface area contributed by atoms with Crippen molar-refractivity contribution < 1.29 is 33.8 Å². The molecule has 0 fully saturated rings. The first-order chi connectivity index (χ1) is 15.1. The zero-order chi connectivity index (χ0) is 24.2. The number of unbranched alkanes of at least 4 members (excludes halogenated alkanes) is 13. The van der Waals surface area contributed by atoms with E-state index in [1.54, 1.807) is 0 Å². The highest BCUT2D eigenvalue weighted by atomic mass is 16.5. The van der Waals surface area contributed by atoms with Gasteiger partial charge in [-0.3, -0.25) is 9.59 Å². The molecule has 7 nitrogen and oxygen atoms in total. The quantitative estimate of drug-likeness (QED) is 0.149. The molecular weight excluding hydrogens is 410 g/mol. The van der Waals surface area contributed by atoms with E-state index in [-0.39, 0.29) is 12.4 Å². The number of ether oxygens (including phenoxy) is 1. The first-order valence-electron chi connectivity index (χ1n) is 12.5. The number of carboxylic acid groups (broad SMARTS) is 2. The van der Waals surface area contributed by atoms with Crippen LogP contribution in [0.3, 0.4) is 0 Å². The monoisotopic (exact) mass is 457 g/mol. The highest BCUT2D eigenvalue weighted by molar-refractivity contribution is 5.70. The SMILES string of the molecule is C[N+](C)(C)C[C@@H](CC(=O)[O-])OC(=O)CCCCCCCCCCCCCCCCC(=O)O. The lowest BCUT2D eigenvalue weighted by Gasteiger charge is -2.29. The average molecular weight is 458 g/mol. The summed E-state index contributed by atoms with van der Waals surface area (Å²) in [5, 5.41) is 19.5. The maximum Gasteiger partial charge on any atom is 0.306 e. The molecule has 0 aliphatic carbocycles. The van der Waals surface area contributed by atoms with E-state index in [9.17, 15) is 19.5 Å². The molecule has 0 saturated heterocycles. The van der Waals surface area contributed by atoms with Crippen molar-refractivity contribution in [3.63, 3.8) is 0 Å². The van der Waals surface area contributed by atoms with Crippen LogP contribution in [0.1, 0.15) is 109 Å². The number of carbonyl (C=O) groups excluding carboxylic acids is 2. The molecule has 0 unspecified atom stereocenters. The van der Waals surface area contributed by atoms with E-state index < -0.39 is 18.0 Å². The van der Waals surface area contributed by atoms with Gasteiger partial charge < -0.3 is 24.2 Å². The normalized spacial score (nSPS) is 12.5. The molecule has 0 aromatic carbocycles.